The Kier molecular flexibility index (Phi) is 3.51. The van der Waals surface area contributed by atoms with Gasteiger partial charge in [-0.15, -0.1) is 0 Å². The van der Waals surface area contributed by atoms with Crippen LogP contribution in [0.1, 0.15) is 12.5 Å². The molecule has 94 valence electrons. The summed E-state index contributed by atoms with van der Waals surface area (Å²) in [6.45, 7) is 4.83. The Hall–Kier alpha value is -2.03. The van der Waals surface area contributed by atoms with Crippen LogP contribution in [0.15, 0.2) is 42.5 Å². The van der Waals surface area contributed by atoms with Gasteiger partial charge in [0.1, 0.15) is 5.82 Å². The van der Waals surface area contributed by atoms with Crippen molar-refractivity contribution in [3.63, 3.8) is 0 Å². The van der Waals surface area contributed by atoms with Gasteiger partial charge in [-0.3, -0.25) is 0 Å². The van der Waals surface area contributed by atoms with Crippen molar-refractivity contribution in [3.05, 3.63) is 53.8 Å². The van der Waals surface area contributed by atoms with Gasteiger partial charge in [-0.1, -0.05) is 17.7 Å². The van der Waals surface area contributed by atoms with Crippen LogP contribution in [0, 0.1) is 12.7 Å². The Balaban J connectivity index is 2.41. The third-order valence-corrected chi connectivity index (χ3v) is 2.88. The molecule has 0 bridgehead atoms. The van der Waals surface area contributed by atoms with Crippen molar-refractivity contribution < 1.29 is 4.39 Å². The second kappa shape index (κ2) is 5.08. The van der Waals surface area contributed by atoms with E-state index in [0.717, 1.165) is 17.9 Å². The molecule has 3 heteroatoms. The number of nitrogen functional groups attached to an aromatic ring is 1. The van der Waals surface area contributed by atoms with Crippen LogP contribution < -0.4 is 10.6 Å². The summed E-state index contributed by atoms with van der Waals surface area (Å²) in [4.78, 5) is 2.03. The molecule has 0 aromatic heterocycles. The summed E-state index contributed by atoms with van der Waals surface area (Å²) in [6, 6.07) is 12.7. The van der Waals surface area contributed by atoms with Crippen molar-refractivity contribution >= 4 is 17.1 Å². The lowest BCUT2D eigenvalue weighted by atomic mass is 10.2. The average molecular weight is 244 g/mol. The summed E-state index contributed by atoms with van der Waals surface area (Å²) in [6.07, 6.45) is 0. The van der Waals surface area contributed by atoms with E-state index in [1.807, 2.05) is 43.0 Å². The predicted octanol–water partition coefficient (Wildman–Crippen LogP) is 3.87. The van der Waals surface area contributed by atoms with Crippen molar-refractivity contribution in [2.45, 2.75) is 13.8 Å². The molecule has 0 unspecified atom stereocenters. The van der Waals surface area contributed by atoms with Crippen molar-refractivity contribution in [3.8, 4) is 0 Å². The molecule has 0 saturated heterocycles. The minimum atomic E-state index is -0.310. The molecule has 0 spiro atoms. The summed E-state index contributed by atoms with van der Waals surface area (Å²) in [5.74, 6) is -0.310. The summed E-state index contributed by atoms with van der Waals surface area (Å²) in [5, 5.41) is 0. The normalized spacial score (nSPS) is 10.4. The highest BCUT2D eigenvalue weighted by Gasteiger charge is 2.08. The van der Waals surface area contributed by atoms with Crippen molar-refractivity contribution in [1.82, 2.24) is 0 Å². The van der Waals surface area contributed by atoms with Crippen LogP contribution in [0.3, 0.4) is 0 Å². The van der Waals surface area contributed by atoms with Gasteiger partial charge < -0.3 is 10.6 Å². The Labute approximate surface area is 107 Å². The van der Waals surface area contributed by atoms with Gasteiger partial charge in [-0.25, -0.2) is 4.39 Å². The van der Waals surface area contributed by atoms with Crippen LogP contribution in [0.25, 0.3) is 0 Å². The number of hydrogen-bond acceptors (Lipinski definition) is 2. The number of anilines is 3. The van der Waals surface area contributed by atoms with E-state index in [4.69, 9.17) is 5.73 Å². The van der Waals surface area contributed by atoms with Crippen molar-refractivity contribution in [2.24, 2.45) is 0 Å². The molecule has 0 heterocycles. The molecule has 0 aliphatic rings. The number of halogens is 1. The average Bonchev–Trinajstić information content (AvgIpc) is 2.31. The fourth-order valence-corrected chi connectivity index (χ4v) is 1.99. The van der Waals surface area contributed by atoms with Gasteiger partial charge >= 0.3 is 0 Å². The molecule has 0 atom stereocenters. The zero-order valence-corrected chi connectivity index (χ0v) is 10.7. The molecule has 2 aromatic rings. The van der Waals surface area contributed by atoms with Gasteiger partial charge in [0.25, 0.3) is 0 Å². The van der Waals surface area contributed by atoms with E-state index in [1.165, 1.54) is 17.7 Å². The highest BCUT2D eigenvalue weighted by molar-refractivity contribution is 5.66. The third kappa shape index (κ3) is 2.62. The monoisotopic (exact) mass is 244 g/mol. The number of nitrogens with zero attached hydrogens (tertiary/aromatic N) is 1. The largest absolute Gasteiger partial charge is 0.399 e. The number of benzene rings is 2. The lowest BCUT2D eigenvalue weighted by Gasteiger charge is -2.23. The van der Waals surface area contributed by atoms with E-state index in [0.29, 0.717) is 5.69 Å². The molecule has 2 nitrogen and oxygen atoms in total. The minimum absolute atomic E-state index is 0.310. The number of rotatable bonds is 3. The maximum absolute atomic E-state index is 13.4. The smallest absolute Gasteiger partial charge is 0.127 e. The highest BCUT2D eigenvalue weighted by atomic mass is 19.1. The SMILES string of the molecule is CCN(c1ccc(C)cc1)c1cc(N)cc(F)c1. The summed E-state index contributed by atoms with van der Waals surface area (Å²) in [5.41, 5.74) is 9.14. The zero-order chi connectivity index (χ0) is 13.1. The molecule has 0 aliphatic carbocycles. The van der Waals surface area contributed by atoms with Crippen LogP contribution in [0.2, 0.25) is 0 Å². The molecule has 2 aromatic carbocycles. The van der Waals surface area contributed by atoms with Crippen molar-refractivity contribution in [2.75, 3.05) is 17.2 Å². The Morgan fingerprint density at radius 1 is 1.06 bits per heavy atom. The maximum Gasteiger partial charge on any atom is 0.127 e. The predicted molar refractivity (Wildman–Crippen MR) is 74.7 cm³/mol. The van der Waals surface area contributed by atoms with E-state index in [9.17, 15) is 4.39 Å². The Bertz CT molecular complexity index is 514. The standard InChI is InChI=1S/C15H17FN2/c1-3-18(14-6-4-11(2)5-7-14)15-9-12(16)8-13(17)10-15/h4-10H,3,17H2,1-2H3. The first-order valence-corrected chi connectivity index (χ1v) is 6.00. The van der Waals surface area contributed by atoms with E-state index < -0.39 is 0 Å². The van der Waals surface area contributed by atoms with E-state index in [1.54, 1.807) is 6.07 Å². The van der Waals surface area contributed by atoms with Gasteiger partial charge in [-0.2, -0.15) is 0 Å². The molecule has 0 amide bonds. The fourth-order valence-electron chi connectivity index (χ4n) is 1.99. The van der Waals surface area contributed by atoms with E-state index in [-0.39, 0.29) is 5.82 Å². The first kappa shape index (κ1) is 12.4. The lowest BCUT2D eigenvalue weighted by molar-refractivity contribution is 0.628. The van der Waals surface area contributed by atoms with Gasteiger partial charge in [0, 0.05) is 23.6 Å². The third-order valence-electron chi connectivity index (χ3n) is 2.88. The first-order chi connectivity index (χ1) is 8.60. The fraction of sp³-hybridized carbons (Fsp3) is 0.200. The summed E-state index contributed by atoms with van der Waals surface area (Å²) < 4.78 is 13.4. The highest BCUT2D eigenvalue weighted by Crippen LogP contribution is 2.27. The van der Waals surface area contributed by atoms with Crippen LogP contribution >= 0.6 is 0 Å². The summed E-state index contributed by atoms with van der Waals surface area (Å²) in [7, 11) is 0. The van der Waals surface area contributed by atoms with Crippen molar-refractivity contribution in [1.29, 1.82) is 0 Å². The number of hydrogen-bond donors (Lipinski definition) is 1. The van der Waals surface area contributed by atoms with Crippen LogP contribution in [-0.4, -0.2) is 6.54 Å². The number of nitrogens with two attached hydrogens (primary N) is 1. The Morgan fingerprint density at radius 2 is 1.72 bits per heavy atom. The first-order valence-electron chi connectivity index (χ1n) is 6.00. The van der Waals surface area contributed by atoms with Crippen LogP contribution in [0.4, 0.5) is 21.5 Å². The summed E-state index contributed by atoms with van der Waals surface area (Å²) >= 11 is 0. The lowest BCUT2D eigenvalue weighted by Crippen LogP contribution is -2.16. The van der Waals surface area contributed by atoms with Gasteiger partial charge in [0.15, 0.2) is 0 Å². The zero-order valence-electron chi connectivity index (χ0n) is 10.7. The topological polar surface area (TPSA) is 29.3 Å². The molecular weight excluding hydrogens is 227 g/mol. The van der Waals surface area contributed by atoms with E-state index >= 15 is 0 Å². The molecule has 2 rings (SSSR count). The maximum atomic E-state index is 13.4. The minimum Gasteiger partial charge on any atom is -0.399 e. The van der Waals surface area contributed by atoms with Crippen LogP contribution in [-0.2, 0) is 0 Å². The Morgan fingerprint density at radius 3 is 2.28 bits per heavy atom. The molecule has 18 heavy (non-hydrogen) atoms. The molecular formula is C15H17FN2. The molecule has 2 N–H and O–H groups in total. The molecule has 0 fully saturated rings. The quantitative estimate of drug-likeness (QED) is 0.830. The molecule has 0 radical (unpaired) electrons. The van der Waals surface area contributed by atoms with Gasteiger partial charge in [0.2, 0.25) is 0 Å². The van der Waals surface area contributed by atoms with Gasteiger partial charge in [-0.05, 0) is 44.2 Å². The molecule has 0 saturated carbocycles. The van der Waals surface area contributed by atoms with Crippen LogP contribution in [0.5, 0.6) is 0 Å². The molecule has 0 aliphatic heterocycles. The second-order valence-electron chi connectivity index (χ2n) is 4.32. The van der Waals surface area contributed by atoms with Gasteiger partial charge in [0.05, 0.1) is 0 Å². The second-order valence-corrected chi connectivity index (χ2v) is 4.32. The number of aryl methyl sites for hydroxylation is 1. The van der Waals surface area contributed by atoms with E-state index in [2.05, 4.69) is 0 Å².